The van der Waals surface area contributed by atoms with Gasteiger partial charge in [0.1, 0.15) is 11.9 Å². The molecule has 1 aliphatic heterocycles. The van der Waals surface area contributed by atoms with Crippen LogP contribution >= 0.6 is 11.6 Å². The minimum Gasteiger partial charge on any atom is -0.489 e. The zero-order valence-corrected chi connectivity index (χ0v) is 22.0. The van der Waals surface area contributed by atoms with E-state index in [1.54, 1.807) is 0 Å². The van der Waals surface area contributed by atoms with Gasteiger partial charge in [0.15, 0.2) is 0 Å². The van der Waals surface area contributed by atoms with E-state index in [1.165, 1.54) is 16.7 Å². The topological polar surface area (TPSA) is 36.3 Å². The van der Waals surface area contributed by atoms with Gasteiger partial charge in [0.25, 0.3) is 0 Å². The molecule has 5 rings (SSSR count). The van der Waals surface area contributed by atoms with Crippen LogP contribution in [0.25, 0.3) is 11.1 Å². The first kappa shape index (κ1) is 25.5. The Morgan fingerprint density at radius 3 is 2.62 bits per heavy atom. The molecule has 0 saturated carbocycles. The van der Waals surface area contributed by atoms with E-state index in [4.69, 9.17) is 16.3 Å². The van der Waals surface area contributed by atoms with Crippen LogP contribution in [0.15, 0.2) is 60.7 Å². The Hall–Kier alpha value is -3.13. The van der Waals surface area contributed by atoms with Crippen molar-refractivity contribution >= 4 is 22.7 Å². The summed E-state index contributed by atoms with van der Waals surface area (Å²) < 4.78 is 18.8. The average molecular weight is 515 g/mol. The van der Waals surface area contributed by atoms with Gasteiger partial charge < -0.3 is 4.74 Å². The lowest BCUT2D eigenvalue weighted by molar-refractivity contribution is 0.198. The van der Waals surface area contributed by atoms with Gasteiger partial charge >= 0.3 is 0 Å². The summed E-state index contributed by atoms with van der Waals surface area (Å²) in [7, 11) is 0. The molecule has 0 bridgehead atoms. The van der Waals surface area contributed by atoms with E-state index >= 15 is 0 Å². The van der Waals surface area contributed by atoms with Gasteiger partial charge in [0.2, 0.25) is 0 Å². The smallest absolute Gasteiger partial charge is 0.119 e. The van der Waals surface area contributed by atoms with Crippen molar-refractivity contribution in [2.75, 3.05) is 26.3 Å². The molecule has 1 atom stereocenters. The molecule has 1 fully saturated rings. The van der Waals surface area contributed by atoms with Crippen molar-refractivity contribution in [1.82, 2.24) is 4.90 Å². The molecule has 3 nitrogen and oxygen atoms in total. The number of ether oxygens (including phenoxy) is 1. The van der Waals surface area contributed by atoms with Crippen molar-refractivity contribution in [2.45, 2.75) is 45.1 Å². The van der Waals surface area contributed by atoms with Gasteiger partial charge in [-0.05, 0) is 108 Å². The summed E-state index contributed by atoms with van der Waals surface area (Å²) in [5, 5.41) is 10.2. The molecule has 0 radical (unpaired) electrons. The molecule has 2 aliphatic rings. The highest BCUT2D eigenvalue weighted by molar-refractivity contribution is 6.32. The molecule has 0 spiro atoms. The Labute approximate surface area is 224 Å². The minimum absolute atomic E-state index is 0.134. The predicted molar refractivity (Wildman–Crippen MR) is 149 cm³/mol. The summed E-state index contributed by atoms with van der Waals surface area (Å²) in [5.41, 5.74) is 8.79. The molecule has 190 valence electrons. The Morgan fingerprint density at radius 2 is 1.86 bits per heavy atom. The van der Waals surface area contributed by atoms with Crippen LogP contribution in [-0.4, -0.2) is 37.3 Å². The van der Waals surface area contributed by atoms with Gasteiger partial charge in [-0.2, -0.15) is 5.26 Å². The molecule has 1 aliphatic carbocycles. The van der Waals surface area contributed by atoms with Crippen LogP contribution in [-0.2, 0) is 6.42 Å². The standard InChI is InChI=1S/C32H32ClFN2O/c1-22-6-12-29(31(33)18-22)30-5-2-4-25-19-23(20-35)7-13-28(25)32(30)24-8-10-26(11-9-24)37-27-14-17-36(21-27)16-3-15-34/h6-13,18-19,27H,2-5,14-17,21H2,1H3/t27-/m0/s1. The molecule has 0 amide bonds. The summed E-state index contributed by atoms with van der Waals surface area (Å²) in [6.45, 7) is 4.38. The van der Waals surface area contributed by atoms with Crippen molar-refractivity contribution in [3.63, 3.8) is 0 Å². The van der Waals surface area contributed by atoms with Crippen LogP contribution in [0.5, 0.6) is 5.75 Å². The molecule has 0 N–H and O–H groups in total. The fourth-order valence-electron chi connectivity index (χ4n) is 5.59. The van der Waals surface area contributed by atoms with Gasteiger partial charge in [0.05, 0.1) is 18.3 Å². The maximum absolute atomic E-state index is 12.5. The molecule has 1 heterocycles. The van der Waals surface area contributed by atoms with Crippen LogP contribution in [0.2, 0.25) is 5.02 Å². The molecule has 1 saturated heterocycles. The number of benzene rings is 3. The fourth-order valence-corrected chi connectivity index (χ4v) is 5.94. The monoisotopic (exact) mass is 514 g/mol. The zero-order chi connectivity index (χ0) is 25.8. The lowest BCUT2D eigenvalue weighted by Crippen LogP contribution is -2.26. The minimum atomic E-state index is -0.268. The summed E-state index contributed by atoms with van der Waals surface area (Å²) in [6, 6.07) is 23.0. The third kappa shape index (κ3) is 5.74. The Morgan fingerprint density at radius 1 is 1.05 bits per heavy atom. The first-order valence-electron chi connectivity index (χ1n) is 13.1. The number of nitriles is 1. The first-order chi connectivity index (χ1) is 18.1. The maximum Gasteiger partial charge on any atom is 0.119 e. The van der Waals surface area contributed by atoms with E-state index < -0.39 is 0 Å². The van der Waals surface area contributed by atoms with Crippen molar-refractivity contribution in [3.05, 3.63) is 99.1 Å². The van der Waals surface area contributed by atoms with Gasteiger partial charge in [-0.3, -0.25) is 9.29 Å². The molecule has 0 unspecified atom stereocenters. The third-order valence-corrected chi connectivity index (χ3v) is 7.72. The number of likely N-dealkylation sites (tertiary alicyclic amines) is 1. The molecule has 37 heavy (non-hydrogen) atoms. The zero-order valence-electron chi connectivity index (χ0n) is 21.3. The second-order valence-corrected chi connectivity index (χ2v) is 10.5. The molecule has 3 aromatic rings. The van der Waals surface area contributed by atoms with E-state index in [0.29, 0.717) is 12.0 Å². The largest absolute Gasteiger partial charge is 0.489 e. The van der Waals surface area contributed by atoms with E-state index in [0.717, 1.165) is 78.3 Å². The van der Waals surface area contributed by atoms with Crippen molar-refractivity contribution in [3.8, 4) is 11.8 Å². The second kappa shape index (κ2) is 11.5. The Kier molecular flexibility index (Phi) is 7.93. The number of halogens is 2. The maximum atomic E-state index is 12.5. The van der Waals surface area contributed by atoms with E-state index in [-0.39, 0.29) is 12.8 Å². The molecule has 3 aromatic carbocycles. The van der Waals surface area contributed by atoms with E-state index in [2.05, 4.69) is 60.4 Å². The molecule has 0 aromatic heterocycles. The Balaban J connectivity index is 1.50. The van der Waals surface area contributed by atoms with Crippen LogP contribution in [0, 0.1) is 18.3 Å². The summed E-state index contributed by atoms with van der Waals surface area (Å²) >= 11 is 6.79. The number of hydrogen-bond acceptors (Lipinski definition) is 3. The van der Waals surface area contributed by atoms with Crippen molar-refractivity contribution in [1.29, 1.82) is 5.26 Å². The third-order valence-electron chi connectivity index (χ3n) is 7.41. The summed E-state index contributed by atoms with van der Waals surface area (Å²) in [6.07, 6.45) is 4.50. The SMILES string of the molecule is Cc1ccc(C2=C(c3ccc(O[C@H]4CCN(CCCF)C4)cc3)c3ccc(C#N)cc3CCC2)c(Cl)c1. The van der Waals surface area contributed by atoms with Crippen LogP contribution in [0.3, 0.4) is 0 Å². The van der Waals surface area contributed by atoms with Crippen LogP contribution in [0.1, 0.15) is 59.1 Å². The van der Waals surface area contributed by atoms with Crippen molar-refractivity contribution in [2.24, 2.45) is 0 Å². The van der Waals surface area contributed by atoms with Gasteiger partial charge in [0, 0.05) is 24.7 Å². The van der Waals surface area contributed by atoms with Crippen molar-refractivity contribution < 1.29 is 9.13 Å². The number of aryl methyl sites for hydroxylation is 2. The van der Waals surface area contributed by atoms with Gasteiger partial charge in [-0.25, -0.2) is 0 Å². The molecule has 5 heteroatoms. The number of hydrogen-bond donors (Lipinski definition) is 0. The van der Waals surface area contributed by atoms with Crippen LogP contribution < -0.4 is 4.74 Å². The number of fused-ring (bicyclic) bond motifs is 1. The first-order valence-corrected chi connectivity index (χ1v) is 13.5. The van der Waals surface area contributed by atoms with E-state index in [1.807, 2.05) is 18.2 Å². The predicted octanol–water partition coefficient (Wildman–Crippen LogP) is 7.63. The van der Waals surface area contributed by atoms with Gasteiger partial charge in [-0.15, -0.1) is 0 Å². The highest BCUT2D eigenvalue weighted by atomic mass is 35.5. The lowest BCUT2D eigenvalue weighted by atomic mass is 9.87. The highest BCUT2D eigenvalue weighted by Crippen LogP contribution is 2.42. The average Bonchev–Trinajstić information content (AvgIpc) is 3.26. The fraction of sp³-hybridized carbons (Fsp3) is 0.344. The number of allylic oxidation sites excluding steroid dienone is 1. The number of rotatable bonds is 7. The second-order valence-electron chi connectivity index (χ2n) is 10.1. The van der Waals surface area contributed by atoms with Crippen LogP contribution in [0.4, 0.5) is 4.39 Å². The molecular formula is C32H32ClFN2O. The van der Waals surface area contributed by atoms with E-state index in [9.17, 15) is 9.65 Å². The normalized spacial score (nSPS) is 17.8. The lowest BCUT2D eigenvalue weighted by Gasteiger charge is -2.19. The highest BCUT2D eigenvalue weighted by Gasteiger charge is 2.25. The number of nitrogens with zero attached hydrogens (tertiary/aromatic N) is 2. The Bertz CT molecular complexity index is 1340. The molecular weight excluding hydrogens is 483 g/mol. The number of alkyl halides is 1. The summed E-state index contributed by atoms with van der Waals surface area (Å²) in [4.78, 5) is 2.28. The quantitative estimate of drug-likeness (QED) is 0.325. The summed E-state index contributed by atoms with van der Waals surface area (Å²) in [5.74, 6) is 0.852. The van der Waals surface area contributed by atoms with Gasteiger partial charge in [-0.1, -0.05) is 41.9 Å².